The van der Waals surface area contributed by atoms with E-state index >= 15 is 0 Å². The summed E-state index contributed by atoms with van der Waals surface area (Å²) in [4.78, 5) is 40.5. The van der Waals surface area contributed by atoms with Crippen LogP contribution in [0, 0.1) is 5.92 Å². The summed E-state index contributed by atoms with van der Waals surface area (Å²) >= 11 is 0. The van der Waals surface area contributed by atoms with Crippen molar-refractivity contribution < 1.29 is 19.5 Å². The quantitative estimate of drug-likeness (QED) is 0.589. The van der Waals surface area contributed by atoms with Gasteiger partial charge in [-0.15, -0.1) is 0 Å². The van der Waals surface area contributed by atoms with E-state index in [0.29, 0.717) is 44.1 Å². The van der Waals surface area contributed by atoms with Gasteiger partial charge in [0.15, 0.2) is 0 Å². The van der Waals surface area contributed by atoms with E-state index in [0.717, 1.165) is 24.2 Å². The average molecular weight is 384 g/mol. The lowest BCUT2D eigenvalue weighted by atomic mass is 9.77. The predicted molar refractivity (Wildman–Crippen MR) is 99.1 cm³/mol. The number of carbonyl (C=O) groups excluding carboxylic acids is 3. The average Bonchev–Trinajstić information content (AvgIpc) is 2.89. The third-order valence-corrected chi connectivity index (χ3v) is 6.57. The fraction of sp³-hybridized carbons (Fsp3) is 0.550. The molecule has 3 amide bonds. The van der Waals surface area contributed by atoms with Crippen LogP contribution in [-0.4, -0.2) is 70.4 Å². The lowest BCUT2D eigenvalue weighted by Gasteiger charge is -2.53. The van der Waals surface area contributed by atoms with Crippen LogP contribution in [0.15, 0.2) is 18.2 Å². The number of benzene rings is 1. The van der Waals surface area contributed by atoms with Crippen LogP contribution in [0.1, 0.15) is 34.3 Å². The van der Waals surface area contributed by atoms with Crippen molar-refractivity contribution in [1.29, 1.82) is 0 Å². The molecule has 0 saturated carbocycles. The number of nitrogens with zero attached hydrogens (tertiary/aromatic N) is 2. The normalized spacial score (nSPS) is 27.2. The molecule has 4 heterocycles. The van der Waals surface area contributed by atoms with Crippen molar-refractivity contribution in [2.75, 3.05) is 26.2 Å². The van der Waals surface area contributed by atoms with Gasteiger partial charge in [-0.3, -0.25) is 24.6 Å². The van der Waals surface area contributed by atoms with E-state index in [1.807, 2.05) is 18.2 Å². The van der Waals surface area contributed by atoms with Crippen molar-refractivity contribution in [3.63, 3.8) is 0 Å². The lowest BCUT2D eigenvalue weighted by Crippen LogP contribution is -2.71. The smallest absolute Gasteiger partial charge is 0.255 e. The van der Waals surface area contributed by atoms with Crippen LogP contribution in [0.3, 0.4) is 0 Å². The molecule has 0 aliphatic carbocycles. The van der Waals surface area contributed by atoms with Crippen molar-refractivity contribution in [3.8, 4) is 0 Å². The monoisotopic (exact) mass is 384 g/mol. The molecule has 4 aliphatic rings. The van der Waals surface area contributed by atoms with Gasteiger partial charge in [0.2, 0.25) is 11.8 Å². The van der Waals surface area contributed by atoms with Gasteiger partial charge in [0.25, 0.3) is 5.91 Å². The van der Waals surface area contributed by atoms with Gasteiger partial charge >= 0.3 is 0 Å². The first-order valence-electron chi connectivity index (χ1n) is 9.85. The van der Waals surface area contributed by atoms with Crippen LogP contribution >= 0.6 is 0 Å². The van der Waals surface area contributed by atoms with Crippen molar-refractivity contribution in [2.24, 2.45) is 5.92 Å². The molecule has 8 nitrogen and oxygen atoms in total. The van der Waals surface area contributed by atoms with Crippen molar-refractivity contribution in [1.82, 2.24) is 20.4 Å². The van der Waals surface area contributed by atoms with Gasteiger partial charge in [-0.05, 0) is 17.5 Å². The van der Waals surface area contributed by atoms with Gasteiger partial charge < -0.3 is 15.3 Å². The predicted octanol–water partition coefficient (Wildman–Crippen LogP) is -0.786. The van der Waals surface area contributed by atoms with Gasteiger partial charge in [0.05, 0.1) is 5.60 Å². The minimum Gasteiger partial charge on any atom is -0.387 e. The highest BCUT2D eigenvalue weighted by Crippen LogP contribution is 2.35. The van der Waals surface area contributed by atoms with Crippen LogP contribution in [0.4, 0.5) is 0 Å². The summed E-state index contributed by atoms with van der Waals surface area (Å²) in [5.41, 5.74) is 1.91. The number of rotatable bonds is 4. The Bertz CT molecular complexity index is 860. The van der Waals surface area contributed by atoms with E-state index in [4.69, 9.17) is 0 Å². The fourth-order valence-electron chi connectivity index (χ4n) is 4.83. The molecule has 3 fully saturated rings. The standard InChI is InChI=1S/C20H24N4O4/c25-16-5-4-15(18(26)22-16)24-9-13-3-1-2-12(17(13)19(24)27)8-23-10-20(28,11-23)14-6-21-7-14/h1-3,14-15,21,28H,4-11H2,(H,22,25,26). The van der Waals surface area contributed by atoms with E-state index < -0.39 is 11.6 Å². The molecule has 0 radical (unpaired) electrons. The number of hydrogen-bond donors (Lipinski definition) is 3. The van der Waals surface area contributed by atoms with Crippen LogP contribution in [0.25, 0.3) is 0 Å². The zero-order valence-corrected chi connectivity index (χ0v) is 15.6. The van der Waals surface area contributed by atoms with E-state index in [-0.39, 0.29) is 24.1 Å². The van der Waals surface area contributed by atoms with Crippen molar-refractivity contribution >= 4 is 17.7 Å². The van der Waals surface area contributed by atoms with Gasteiger partial charge in [0.1, 0.15) is 6.04 Å². The molecule has 28 heavy (non-hydrogen) atoms. The lowest BCUT2D eigenvalue weighted by molar-refractivity contribution is -0.149. The Labute approximate surface area is 162 Å². The van der Waals surface area contributed by atoms with E-state index in [9.17, 15) is 19.5 Å². The molecule has 8 heteroatoms. The first-order chi connectivity index (χ1) is 13.4. The fourth-order valence-corrected chi connectivity index (χ4v) is 4.83. The largest absolute Gasteiger partial charge is 0.387 e. The Morgan fingerprint density at radius 3 is 2.64 bits per heavy atom. The number of likely N-dealkylation sites (tertiary alicyclic amines) is 1. The van der Waals surface area contributed by atoms with E-state index in [1.165, 1.54) is 0 Å². The number of carbonyl (C=O) groups is 3. The molecular weight excluding hydrogens is 360 g/mol. The number of imide groups is 1. The van der Waals surface area contributed by atoms with Gasteiger partial charge in [-0.1, -0.05) is 18.2 Å². The summed E-state index contributed by atoms with van der Waals surface area (Å²) in [7, 11) is 0. The third-order valence-electron chi connectivity index (χ3n) is 6.57. The zero-order valence-electron chi connectivity index (χ0n) is 15.6. The van der Waals surface area contributed by atoms with Crippen molar-refractivity contribution in [2.45, 2.75) is 37.6 Å². The summed E-state index contributed by atoms with van der Waals surface area (Å²) in [6, 6.07) is 5.23. The highest BCUT2D eigenvalue weighted by molar-refractivity contribution is 6.05. The minimum atomic E-state index is -0.619. The molecule has 1 aromatic rings. The molecule has 1 aromatic carbocycles. The Morgan fingerprint density at radius 1 is 1.18 bits per heavy atom. The number of fused-ring (bicyclic) bond motifs is 1. The molecule has 0 bridgehead atoms. The summed E-state index contributed by atoms with van der Waals surface area (Å²) < 4.78 is 0. The third kappa shape index (κ3) is 2.75. The van der Waals surface area contributed by atoms with Gasteiger partial charge in [-0.25, -0.2) is 0 Å². The Hall–Kier alpha value is -2.29. The maximum atomic E-state index is 13.1. The molecule has 0 aromatic heterocycles. The number of β-amino-alcohol motifs (C(OH)–C–C–N with tert-alkyl or cyclic N) is 1. The number of hydrogen-bond acceptors (Lipinski definition) is 6. The first kappa shape index (κ1) is 17.8. The summed E-state index contributed by atoms with van der Waals surface area (Å²) in [6.45, 7) is 3.98. The maximum Gasteiger partial charge on any atom is 0.255 e. The number of amides is 3. The van der Waals surface area contributed by atoms with Gasteiger partial charge in [0, 0.05) is 57.2 Å². The van der Waals surface area contributed by atoms with E-state index in [2.05, 4.69) is 15.5 Å². The summed E-state index contributed by atoms with van der Waals surface area (Å²) in [5, 5.41) is 16.2. The van der Waals surface area contributed by atoms with Crippen LogP contribution in [-0.2, 0) is 22.7 Å². The Balaban J connectivity index is 1.31. The second-order valence-electron chi connectivity index (χ2n) is 8.46. The molecule has 3 saturated heterocycles. The van der Waals surface area contributed by atoms with Crippen LogP contribution < -0.4 is 10.6 Å². The molecule has 5 rings (SSSR count). The topological polar surface area (TPSA) is 102 Å². The first-order valence-corrected chi connectivity index (χ1v) is 9.85. The number of aliphatic hydroxyl groups is 1. The summed E-state index contributed by atoms with van der Waals surface area (Å²) in [6.07, 6.45) is 0.625. The minimum absolute atomic E-state index is 0.140. The van der Waals surface area contributed by atoms with Crippen LogP contribution in [0.2, 0.25) is 0 Å². The highest BCUT2D eigenvalue weighted by atomic mass is 16.3. The molecule has 1 unspecified atom stereocenters. The number of piperidine rings is 1. The van der Waals surface area contributed by atoms with Crippen LogP contribution in [0.5, 0.6) is 0 Å². The maximum absolute atomic E-state index is 13.1. The molecule has 4 aliphatic heterocycles. The molecule has 148 valence electrons. The zero-order chi connectivity index (χ0) is 19.5. The molecule has 1 atom stereocenters. The highest BCUT2D eigenvalue weighted by Gasteiger charge is 2.49. The molecular formula is C20H24N4O4. The van der Waals surface area contributed by atoms with Crippen molar-refractivity contribution in [3.05, 3.63) is 34.9 Å². The second kappa shape index (κ2) is 6.37. The second-order valence-corrected chi connectivity index (χ2v) is 8.46. The summed E-state index contributed by atoms with van der Waals surface area (Å²) in [5.74, 6) is -0.493. The van der Waals surface area contributed by atoms with E-state index in [1.54, 1.807) is 4.90 Å². The molecule has 3 N–H and O–H groups in total. The molecule has 0 spiro atoms. The Morgan fingerprint density at radius 2 is 1.96 bits per heavy atom. The SMILES string of the molecule is O=C1CCC(N2Cc3cccc(CN4CC(O)(C5CNC5)C4)c3C2=O)C(=O)N1. The number of nitrogens with one attached hydrogen (secondary N) is 2. The van der Waals surface area contributed by atoms with Gasteiger partial charge in [-0.2, -0.15) is 0 Å². The Kier molecular flexibility index (Phi) is 4.04.